The van der Waals surface area contributed by atoms with Gasteiger partial charge in [0.1, 0.15) is 5.82 Å². The van der Waals surface area contributed by atoms with Crippen LogP contribution in [0.15, 0.2) is 18.2 Å². The monoisotopic (exact) mass is 223 g/mol. The molecule has 0 heterocycles. The normalized spacial score (nSPS) is 20.2. The Bertz CT molecular complexity index is 376. The fourth-order valence-electron chi connectivity index (χ4n) is 2.15. The lowest BCUT2D eigenvalue weighted by Gasteiger charge is -2.33. The zero-order valence-electron chi connectivity index (χ0n) is 9.49. The predicted molar refractivity (Wildman–Crippen MR) is 61.4 cm³/mol. The third-order valence-corrected chi connectivity index (χ3v) is 3.57. The minimum Gasteiger partial charge on any atom is -0.391 e. The highest BCUT2D eigenvalue weighted by Gasteiger charge is 2.30. The minimum absolute atomic E-state index is 0.228. The predicted octanol–water partition coefficient (Wildman–Crippen LogP) is 2.29. The Morgan fingerprint density at radius 1 is 1.44 bits per heavy atom. The second kappa shape index (κ2) is 4.52. The van der Waals surface area contributed by atoms with E-state index in [1.165, 1.54) is 12.5 Å². The number of rotatable bonds is 3. The second-order valence-corrected chi connectivity index (χ2v) is 4.72. The van der Waals surface area contributed by atoms with Gasteiger partial charge in [-0.25, -0.2) is 4.39 Å². The van der Waals surface area contributed by atoms with Gasteiger partial charge in [-0.15, -0.1) is 0 Å². The zero-order chi connectivity index (χ0) is 11.7. The van der Waals surface area contributed by atoms with E-state index < -0.39 is 12.1 Å². The van der Waals surface area contributed by atoms with Gasteiger partial charge >= 0.3 is 0 Å². The van der Waals surface area contributed by atoms with Crippen LogP contribution in [0.5, 0.6) is 0 Å². The SMILES string of the molecule is Cc1cc([C@H](N)[C@H](O)C2CCC2)ccc1F. The molecule has 0 saturated heterocycles. The molecular weight excluding hydrogens is 205 g/mol. The molecule has 16 heavy (non-hydrogen) atoms. The highest BCUT2D eigenvalue weighted by atomic mass is 19.1. The van der Waals surface area contributed by atoms with Gasteiger partial charge in [-0.1, -0.05) is 18.6 Å². The van der Waals surface area contributed by atoms with Crippen molar-refractivity contribution in [2.45, 2.75) is 38.3 Å². The van der Waals surface area contributed by atoms with Crippen LogP contribution in [-0.4, -0.2) is 11.2 Å². The molecule has 1 fully saturated rings. The van der Waals surface area contributed by atoms with Gasteiger partial charge in [0.25, 0.3) is 0 Å². The van der Waals surface area contributed by atoms with Crippen LogP contribution in [0.2, 0.25) is 0 Å². The molecule has 0 bridgehead atoms. The van der Waals surface area contributed by atoms with Crippen molar-refractivity contribution >= 4 is 0 Å². The largest absolute Gasteiger partial charge is 0.391 e. The van der Waals surface area contributed by atoms with Crippen molar-refractivity contribution in [2.24, 2.45) is 11.7 Å². The topological polar surface area (TPSA) is 46.2 Å². The molecule has 0 unspecified atom stereocenters. The first-order valence-electron chi connectivity index (χ1n) is 5.79. The van der Waals surface area contributed by atoms with Crippen molar-refractivity contribution < 1.29 is 9.50 Å². The molecule has 1 aromatic rings. The van der Waals surface area contributed by atoms with Crippen LogP contribution in [0.3, 0.4) is 0 Å². The van der Waals surface area contributed by atoms with E-state index in [2.05, 4.69) is 0 Å². The van der Waals surface area contributed by atoms with Gasteiger partial charge in [-0.2, -0.15) is 0 Å². The molecule has 3 N–H and O–H groups in total. The molecule has 1 saturated carbocycles. The second-order valence-electron chi connectivity index (χ2n) is 4.72. The van der Waals surface area contributed by atoms with Crippen molar-refractivity contribution in [3.63, 3.8) is 0 Å². The van der Waals surface area contributed by atoms with Gasteiger partial charge < -0.3 is 10.8 Å². The van der Waals surface area contributed by atoms with Gasteiger partial charge in [0.15, 0.2) is 0 Å². The van der Waals surface area contributed by atoms with Crippen LogP contribution in [0.1, 0.15) is 36.4 Å². The maximum atomic E-state index is 13.1. The molecule has 0 radical (unpaired) electrons. The molecule has 3 heteroatoms. The molecule has 2 rings (SSSR count). The third-order valence-electron chi connectivity index (χ3n) is 3.57. The Hall–Kier alpha value is -0.930. The molecule has 0 aliphatic heterocycles. The van der Waals surface area contributed by atoms with Crippen LogP contribution in [-0.2, 0) is 0 Å². The van der Waals surface area contributed by atoms with E-state index in [0.717, 1.165) is 18.4 Å². The summed E-state index contributed by atoms with van der Waals surface area (Å²) in [5.74, 6) is 0.0921. The number of hydrogen-bond acceptors (Lipinski definition) is 2. The number of nitrogens with two attached hydrogens (primary N) is 1. The van der Waals surface area contributed by atoms with Crippen molar-refractivity contribution in [1.29, 1.82) is 0 Å². The van der Waals surface area contributed by atoms with Gasteiger partial charge in [0.05, 0.1) is 12.1 Å². The van der Waals surface area contributed by atoms with Crippen molar-refractivity contribution in [1.82, 2.24) is 0 Å². The molecule has 1 aromatic carbocycles. The maximum absolute atomic E-state index is 13.1. The molecule has 2 atom stereocenters. The Kier molecular flexibility index (Phi) is 3.26. The zero-order valence-corrected chi connectivity index (χ0v) is 9.49. The Morgan fingerprint density at radius 3 is 2.62 bits per heavy atom. The first-order valence-corrected chi connectivity index (χ1v) is 5.79. The van der Waals surface area contributed by atoms with Gasteiger partial charge in [0.2, 0.25) is 0 Å². The number of halogens is 1. The van der Waals surface area contributed by atoms with E-state index in [0.29, 0.717) is 11.5 Å². The number of aryl methyl sites for hydroxylation is 1. The summed E-state index contributed by atoms with van der Waals surface area (Å²) < 4.78 is 13.1. The van der Waals surface area contributed by atoms with Crippen LogP contribution in [0.25, 0.3) is 0 Å². The minimum atomic E-state index is -0.501. The van der Waals surface area contributed by atoms with Crippen LogP contribution >= 0.6 is 0 Å². The van der Waals surface area contributed by atoms with E-state index in [1.54, 1.807) is 19.1 Å². The number of benzene rings is 1. The van der Waals surface area contributed by atoms with E-state index in [9.17, 15) is 9.50 Å². The molecule has 88 valence electrons. The van der Waals surface area contributed by atoms with Crippen LogP contribution in [0.4, 0.5) is 4.39 Å². The molecule has 0 spiro atoms. The molecular formula is C13H18FNO. The highest BCUT2D eigenvalue weighted by Crippen LogP contribution is 2.34. The fraction of sp³-hybridized carbons (Fsp3) is 0.538. The summed E-state index contributed by atoms with van der Waals surface area (Å²) in [5, 5.41) is 10.0. The van der Waals surface area contributed by atoms with E-state index in [1.807, 2.05) is 0 Å². The van der Waals surface area contributed by atoms with Crippen molar-refractivity contribution in [2.75, 3.05) is 0 Å². The summed E-state index contributed by atoms with van der Waals surface area (Å²) >= 11 is 0. The lowest BCUT2D eigenvalue weighted by atomic mass is 9.77. The number of aliphatic hydroxyl groups is 1. The standard InChI is InChI=1S/C13H18FNO/c1-8-7-10(5-6-11(8)14)12(15)13(16)9-3-2-4-9/h5-7,9,12-13,16H,2-4,15H2,1H3/t12-,13+/m0/s1. The highest BCUT2D eigenvalue weighted by molar-refractivity contribution is 5.27. The average Bonchev–Trinajstić information content (AvgIpc) is 2.18. The van der Waals surface area contributed by atoms with E-state index in [-0.39, 0.29) is 5.82 Å². The summed E-state index contributed by atoms with van der Waals surface area (Å²) in [6.45, 7) is 1.71. The average molecular weight is 223 g/mol. The summed E-state index contributed by atoms with van der Waals surface area (Å²) in [4.78, 5) is 0. The molecule has 0 amide bonds. The Labute approximate surface area is 95.3 Å². The number of aliphatic hydroxyl groups excluding tert-OH is 1. The Morgan fingerprint density at radius 2 is 2.12 bits per heavy atom. The summed E-state index contributed by atoms with van der Waals surface area (Å²) in [7, 11) is 0. The first-order chi connectivity index (χ1) is 7.59. The van der Waals surface area contributed by atoms with Gasteiger partial charge in [0, 0.05) is 0 Å². The third kappa shape index (κ3) is 2.11. The van der Waals surface area contributed by atoms with Gasteiger partial charge in [-0.05, 0) is 42.9 Å². The van der Waals surface area contributed by atoms with Crippen LogP contribution < -0.4 is 5.73 Å². The molecule has 1 aliphatic carbocycles. The summed E-state index contributed by atoms with van der Waals surface area (Å²) in [6.07, 6.45) is 2.78. The maximum Gasteiger partial charge on any atom is 0.126 e. The quantitative estimate of drug-likeness (QED) is 0.826. The van der Waals surface area contributed by atoms with Crippen LogP contribution in [0, 0.1) is 18.7 Å². The van der Waals surface area contributed by atoms with Gasteiger partial charge in [-0.3, -0.25) is 0 Å². The molecule has 0 aromatic heterocycles. The lowest BCUT2D eigenvalue weighted by Crippen LogP contribution is -2.36. The van der Waals surface area contributed by atoms with E-state index >= 15 is 0 Å². The lowest BCUT2D eigenvalue weighted by molar-refractivity contribution is 0.0413. The molecule has 2 nitrogen and oxygen atoms in total. The van der Waals surface area contributed by atoms with E-state index in [4.69, 9.17) is 5.73 Å². The summed E-state index contributed by atoms with van der Waals surface area (Å²) in [6, 6.07) is 4.40. The fourth-order valence-corrected chi connectivity index (χ4v) is 2.15. The smallest absolute Gasteiger partial charge is 0.126 e. The van der Waals surface area contributed by atoms with Crippen molar-refractivity contribution in [3.05, 3.63) is 35.1 Å². The van der Waals surface area contributed by atoms with Crippen molar-refractivity contribution in [3.8, 4) is 0 Å². The molecule has 1 aliphatic rings. The number of hydrogen-bond donors (Lipinski definition) is 2. The first kappa shape index (κ1) is 11.6. The summed E-state index contributed by atoms with van der Waals surface area (Å²) in [5.41, 5.74) is 7.39. The Balaban J connectivity index is 2.12.